The van der Waals surface area contributed by atoms with E-state index >= 15 is 0 Å². The number of ether oxygens (including phenoxy) is 3. The van der Waals surface area contributed by atoms with Gasteiger partial charge in [-0.3, -0.25) is 14.4 Å². The molecule has 0 radical (unpaired) electrons. The van der Waals surface area contributed by atoms with E-state index in [1.54, 1.807) is 0 Å². The maximum atomic E-state index is 12.9. The second-order valence-corrected chi connectivity index (χ2v) is 22.0. The van der Waals surface area contributed by atoms with Crippen molar-refractivity contribution < 1.29 is 28.6 Å². The lowest BCUT2D eigenvalue weighted by Gasteiger charge is -2.18. The molecule has 6 nitrogen and oxygen atoms in total. The van der Waals surface area contributed by atoms with Gasteiger partial charge < -0.3 is 14.2 Å². The fourth-order valence-electron chi connectivity index (χ4n) is 9.71. The predicted octanol–water partition coefficient (Wildman–Crippen LogP) is 22.0. The quantitative estimate of drug-likeness (QED) is 0.0261. The summed E-state index contributed by atoms with van der Waals surface area (Å²) in [5, 5.41) is 0. The van der Waals surface area contributed by atoms with Gasteiger partial charge in [-0.2, -0.15) is 0 Å². The number of carbonyl (C=O) groups is 3. The smallest absolute Gasteiger partial charge is 0.306 e. The molecule has 0 bridgehead atoms. The highest BCUT2D eigenvalue weighted by atomic mass is 16.6. The van der Waals surface area contributed by atoms with Gasteiger partial charge in [-0.1, -0.05) is 295 Å². The third kappa shape index (κ3) is 60.4. The van der Waals surface area contributed by atoms with Gasteiger partial charge in [-0.15, -0.1) is 0 Å². The number of esters is 3. The second kappa shape index (κ2) is 62.2. The minimum Gasteiger partial charge on any atom is -0.462 e. The van der Waals surface area contributed by atoms with Crippen LogP contribution in [0.4, 0.5) is 0 Å². The summed E-state index contributed by atoms with van der Waals surface area (Å²) in [6.07, 6.45) is 75.8. The van der Waals surface area contributed by atoms with Gasteiger partial charge in [0.15, 0.2) is 6.10 Å². The zero-order chi connectivity index (χ0) is 52.9. The van der Waals surface area contributed by atoms with E-state index in [0.29, 0.717) is 19.3 Å². The van der Waals surface area contributed by atoms with Gasteiger partial charge in [0.2, 0.25) is 0 Å². The Hall–Kier alpha value is -2.37. The Balaban J connectivity index is 4.33. The topological polar surface area (TPSA) is 78.9 Å². The van der Waals surface area contributed by atoms with Crippen LogP contribution in [0.25, 0.3) is 0 Å². The zero-order valence-electron chi connectivity index (χ0n) is 49.2. The summed E-state index contributed by atoms with van der Waals surface area (Å²) >= 11 is 0. The molecule has 1 atom stereocenters. The Morgan fingerprint density at radius 2 is 0.493 bits per heavy atom. The molecule has 0 aliphatic rings. The third-order valence-electron chi connectivity index (χ3n) is 14.6. The molecule has 6 heteroatoms. The lowest BCUT2D eigenvalue weighted by molar-refractivity contribution is -0.167. The first-order valence-electron chi connectivity index (χ1n) is 32.5. The van der Waals surface area contributed by atoms with E-state index in [2.05, 4.69) is 57.2 Å². The van der Waals surface area contributed by atoms with Crippen molar-refractivity contribution in [2.45, 2.75) is 361 Å². The van der Waals surface area contributed by atoms with Crippen LogP contribution in [0.5, 0.6) is 0 Å². The summed E-state index contributed by atoms with van der Waals surface area (Å²) in [5.74, 6) is -0.866. The van der Waals surface area contributed by atoms with Crippen LogP contribution in [0.3, 0.4) is 0 Å². The van der Waals surface area contributed by atoms with Crippen LogP contribution in [-0.2, 0) is 28.6 Å². The van der Waals surface area contributed by atoms with Gasteiger partial charge >= 0.3 is 17.9 Å². The number of carbonyl (C=O) groups excluding carboxylic acids is 3. The van der Waals surface area contributed by atoms with E-state index in [9.17, 15) is 14.4 Å². The summed E-state index contributed by atoms with van der Waals surface area (Å²) in [5.41, 5.74) is 0. The van der Waals surface area contributed by atoms with Gasteiger partial charge in [0.1, 0.15) is 13.2 Å². The fraction of sp³-hybridized carbons (Fsp3) is 0.866. The Labute approximate surface area is 455 Å². The van der Waals surface area contributed by atoms with Crippen LogP contribution < -0.4 is 0 Å². The van der Waals surface area contributed by atoms with E-state index in [1.165, 1.54) is 238 Å². The molecular formula is C67H124O6. The van der Waals surface area contributed by atoms with Crippen LogP contribution >= 0.6 is 0 Å². The molecule has 0 aromatic carbocycles. The van der Waals surface area contributed by atoms with Gasteiger partial charge in [-0.25, -0.2) is 0 Å². The standard InChI is InChI=1S/C67H124O6/c1-4-7-10-13-16-19-22-25-28-31-33-34-35-37-39-42-45-48-51-54-57-60-66(69)72-63-64(62-71-65(68)59-56-53-50-47-44-41-38-30-27-24-21-18-15-12-9-6-3)73-67(70)61-58-55-52-49-46-43-40-36-32-29-26-23-20-17-14-11-8-5-2/h20,23,29-30,32,38,64H,4-19,21-22,24-28,31,33-37,39-63H2,1-3H3/b23-20-,32-29-,38-30-. The van der Waals surface area contributed by atoms with Crippen molar-refractivity contribution in [1.29, 1.82) is 0 Å². The van der Waals surface area contributed by atoms with Gasteiger partial charge in [0, 0.05) is 19.3 Å². The summed E-state index contributed by atoms with van der Waals surface area (Å²) in [7, 11) is 0. The summed E-state index contributed by atoms with van der Waals surface area (Å²) in [6, 6.07) is 0. The number of unbranched alkanes of at least 4 members (excludes halogenated alkanes) is 43. The number of allylic oxidation sites excluding steroid dienone is 6. The highest BCUT2D eigenvalue weighted by Gasteiger charge is 2.19. The molecule has 73 heavy (non-hydrogen) atoms. The van der Waals surface area contributed by atoms with Crippen LogP contribution in [0.1, 0.15) is 355 Å². The largest absolute Gasteiger partial charge is 0.462 e. The van der Waals surface area contributed by atoms with E-state index < -0.39 is 6.10 Å². The van der Waals surface area contributed by atoms with Crippen molar-refractivity contribution in [2.75, 3.05) is 13.2 Å². The number of hydrogen-bond acceptors (Lipinski definition) is 6. The number of rotatable bonds is 60. The first kappa shape index (κ1) is 70.6. The molecule has 0 aliphatic heterocycles. The molecule has 0 aliphatic carbocycles. The van der Waals surface area contributed by atoms with E-state index in [4.69, 9.17) is 14.2 Å². The molecule has 428 valence electrons. The first-order chi connectivity index (χ1) is 36.0. The molecular weight excluding hydrogens is 901 g/mol. The molecule has 0 heterocycles. The molecule has 0 aromatic rings. The molecule has 0 amide bonds. The van der Waals surface area contributed by atoms with Crippen molar-refractivity contribution in [3.05, 3.63) is 36.5 Å². The molecule has 1 unspecified atom stereocenters. The van der Waals surface area contributed by atoms with E-state index in [-0.39, 0.29) is 31.1 Å². The first-order valence-corrected chi connectivity index (χ1v) is 32.5. The molecule has 0 spiro atoms. The highest BCUT2D eigenvalue weighted by Crippen LogP contribution is 2.17. The minimum absolute atomic E-state index is 0.0738. The van der Waals surface area contributed by atoms with Crippen molar-refractivity contribution in [3.8, 4) is 0 Å². The predicted molar refractivity (Wildman–Crippen MR) is 316 cm³/mol. The molecule has 0 N–H and O–H groups in total. The summed E-state index contributed by atoms with van der Waals surface area (Å²) in [6.45, 7) is 6.67. The Morgan fingerprint density at radius 3 is 0.781 bits per heavy atom. The average Bonchev–Trinajstić information content (AvgIpc) is 3.39. The maximum absolute atomic E-state index is 12.9. The average molecular weight is 1030 g/mol. The zero-order valence-corrected chi connectivity index (χ0v) is 49.2. The van der Waals surface area contributed by atoms with E-state index in [0.717, 1.165) is 77.0 Å². The van der Waals surface area contributed by atoms with Crippen molar-refractivity contribution in [3.63, 3.8) is 0 Å². The van der Waals surface area contributed by atoms with Gasteiger partial charge in [-0.05, 0) is 77.0 Å². The lowest BCUT2D eigenvalue weighted by Crippen LogP contribution is -2.30. The fourth-order valence-corrected chi connectivity index (χ4v) is 9.71. The second-order valence-electron chi connectivity index (χ2n) is 22.0. The normalized spacial score (nSPS) is 12.2. The molecule has 0 fully saturated rings. The number of hydrogen-bond donors (Lipinski definition) is 0. The summed E-state index contributed by atoms with van der Waals surface area (Å²) < 4.78 is 16.9. The third-order valence-corrected chi connectivity index (χ3v) is 14.6. The molecule has 0 saturated heterocycles. The van der Waals surface area contributed by atoms with Crippen LogP contribution in [-0.4, -0.2) is 37.2 Å². The Bertz CT molecular complexity index is 1220. The molecule has 0 saturated carbocycles. The highest BCUT2D eigenvalue weighted by molar-refractivity contribution is 5.71. The van der Waals surface area contributed by atoms with Crippen LogP contribution in [0.15, 0.2) is 36.5 Å². The van der Waals surface area contributed by atoms with Crippen LogP contribution in [0, 0.1) is 0 Å². The Kier molecular flexibility index (Phi) is 60.2. The molecule has 0 rings (SSSR count). The van der Waals surface area contributed by atoms with E-state index in [1.807, 2.05) is 0 Å². The van der Waals surface area contributed by atoms with Crippen molar-refractivity contribution >= 4 is 17.9 Å². The maximum Gasteiger partial charge on any atom is 0.306 e. The van der Waals surface area contributed by atoms with Gasteiger partial charge in [0.05, 0.1) is 0 Å². The minimum atomic E-state index is -0.778. The Morgan fingerprint density at radius 1 is 0.274 bits per heavy atom. The monoisotopic (exact) mass is 1020 g/mol. The molecule has 0 aromatic heterocycles. The lowest BCUT2D eigenvalue weighted by atomic mass is 10.0. The van der Waals surface area contributed by atoms with Crippen molar-refractivity contribution in [1.82, 2.24) is 0 Å². The summed E-state index contributed by atoms with van der Waals surface area (Å²) in [4.78, 5) is 38.3. The SMILES string of the molecule is CCCCCC/C=C\C/C=C\CCCCCCCCCC(=O)OC(COC(=O)CCCCCCC/C=C\CCCCCCCCC)COC(=O)CCCCCCCCCCCCCCCCCCCCCCC. The van der Waals surface area contributed by atoms with Crippen molar-refractivity contribution in [2.24, 2.45) is 0 Å². The van der Waals surface area contributed by atoms with Gasteiger partial charge in [0.25, 0.3) is 0 Å². The van der Waals surface area contributed by atoms with Crippen LogP contribution in [0.2, 0.25) is 0 Å².